The summed E-state index contributed by atoms with van der Waals surface area (Å²) in [5.74, 6) is -4.68. The molecule has 218 valence electrons. The van der Waals surface area contributed by atoms with Crippen molar-refractivity contribution in [2.24, 2.45) is 5.92 Å². The highest BCUT2D eigenvalue weighted by Gasteiger charge is 2.40. The van der Waals surface area contributed by atoms with Gasteiger partial charge in [0, 0.05) is 57.5 Å². The topological polar surface area (TPSA) is 112 Å². The quantitative estimate of drug-likeness (QED) is 0.518. The second kappa shape index (κ2) is 14.4. The molecule has 4 rings (SSSR count). The molecule has 0 atom stereocenters. The molecule has 0 radical (unpaired) electrons. The molecule has 4 heterocycles. The summed E-state index contributed by atoms with van der Waals surface area (Å²) in [5.41, 5.74) is 0.0850. The monoisotopic (exact) mass is 579 g/mol. The fourth-order valence-corrected chi connectivity index (χ4v) is 4.98. The molecule has 0 saturated carbocycles. The van der Waals surface area contributed by atoms with E-state index in [9.17, 15) is 26.3 Å². The fraction of sp³-hybridized carbons (Fsp3) is 0.773. The zero-order chi connectivity index (χ0) is 28.4. The van der Waals surface area contributed by atoms with Crippen LogP contribution in [0.5, 0.6) is 0 Å². The Hall–Kier alpha value is -2.01. The lowest BCUT2D eigenvalue weighted by Gasteiger charge is -2.47. The van der Waals surface area contributed by atoms with Gasteiger partial charge in [-0.1, -0.05) is 0 Å². The van der Waals surface area contributed by atoms with E-state index in [4.69, 9.17) is 29.3 Å². The molecule has 3 saturated heterocycles. The van der Waals surface area contributed by atoms with Gasteiger partial charge in [-0.05, 0) is 31.6 Å². The van der Waals surface area contributed by atoms with Crippen LogP contribution in [0.1, 0.15) is 30.7 Å². The van der Waals surface area contributed by atoms with E-state index in [2.05, 4.69) is 20.2 Å². The first-order valence-electron chi connectivity index (χ1n) is 11.9. The fourth-order valence-electron chi connectivity index (χ4n) is 4.32. The molecule has 1 aromatic heterocycles. The van der Waals surface area contributed by atoms with Gasteiger partial charge >= 0.3 is 24.3 Å². The summed E-state index contributed by atoms with van der Waals surface area (Å²) in [6, 6.07) is 0. The van der Waals surface area contributed by atoms with Gasteiger partial charge in [0.2, 0.25) is 0 Å². The molecule has 1 aromatic rings. The molecular formula is C22H31F6N3O6S. The molecule has 3 aliphatic heterocycles. The first-order chi connectivity index (χ1) is 17.7. The summed E-state index contributed by atoms with van der Waals surface area (Å²) in [6.07, 6.45) is -3.44. The van der Waals surface area contributed by atoms with Crippen LogP contribution in [0, 0.1) is 5.92 Å². The highest BCUT2D eigenvalue weighted by molar-refractivity contribution is 7.09. The lowest BCUT2D eigenvalue weighted by Crippen LogP contribution is -2.57. The van der Waals surface area contributed by atoms with Gasteiger partial charge in [-0.25, -0.2) is 14.6 Å². The molecule has 3 fully saturated rings. The Balaban J connectivity index is 0.000000301. The van der Waals surface area contributed by atoms with E-state index < -0.39 is 24.3 Å². The van der Waals surface area contributed by atoms with E-state index in [1.165, 1.54) is 50.3 Å². The maximum Gasteiger partial charge on any atom is 0.490 e. The number of piperidine rings is 1. The summed E-state index contributed by atoms with van der Waals surface area (Å²) in [7, 11) is 0. The number of hydrogen-bond donors (Lipinski definition) is 2. The van der Waals surface area contributed by atoms with Gasteiger partial charge in [0.15, 0.2) is 0 Å². The molecule has 9 nitrogen and oxygen atoms in total. The van der Waals surface area contributed by atoms with Crippen LogP contribution < -0.4 is 0 Å². The third kappa shape index (κ3) is 11.4. The Labute approximate surface area is 219 Å². The first kappa shape index (κ1) is 32.2. The zero-order valence-electron chi connectivity index (χ0n) is 20.5. The van der Waals surface area contributed by atoms with E-state index in [-0.39, 0.29) is 5.60 Å². The van der Waals surface area contributed by atoms with Crippen LogP contribution >= 0.6 is 11.3 Å². The maximum atomic E-state index is 10.6. The second-order valence-electron chi connectivity index (χ2n) is 9.13. The van der Waals surface area contributed by atoms with Crippen molar-refractivity contribution in [2.75, 3.05) is 52.5 Å². The number of aliphatic carboxylic acids is 2. The van der Waals surface area contributed by atoms with Crippen LogP contribution in [0.4, 0.5) is 26.3 Å². The number of carboxylic acids is 2. The van der Waals surface area contributed by atoms with E-state index in [1.54, 1.807) is 11.3 Å². The van der Waals surface area contributed by atoms with Crippen molar-refractivity contribution < 1.29 is 55.6 Å². The number of rotatable bonds is 4. The minimum absolute atomic E-state index is 0.0850. The normalized spacial score (nSPS) is 21.1. The molecule has 0 amide bonds. The summed E-state index contributed by atoms with van der Waals surface area (Å²) < 4.78 is 75.2. The Morgan fingerprint density at radius 2 is 1.53 bits per heavy atom. The second-order valence-corrected chi connectivity index (χ2v) is 10.1. The number of hydrogen-bond acceptors (Lipinski definition) is 8. The molecular weight excluding hydrogens is 548 g/mol. The van der Waals surface area contributed by atoms with E-state index in [0.29, 0.717) is 0 Å². The molecule has 0 aromatic carbocycles. The van der Waals surface area contributed by atoms with E-state index >= 15 is 0 Å². The molecule has 0 bridgehead atoms. The van der Waals surface area contributed by atoms with Crippen LogP contribution in [-0.4, -0.2) is 107 Å². The third-order valence-corrected chi connectivity index (χ3v) is 7.04. The van der Waals surface area contributed by atoms with Crippen molar-refractivity contribution in [2.45, 2.75) is 50.2 Å². The minimum Gasteiger partial charge on any atom is -0.475 e. The number of carbonyl (C=O) groups is 2. The van der Waals surface area contributed by atoms with Crippen molar-refractivity contribution in [3.05, 3.63) is 16.6 Å². The summed E-state index contributed by atoms with van der Waals surface area (Å²) in [6.45, 7) is 9.48. The number of nitrogens with zero attached hydrogens (tertiary/aromatic N) is 3. The molecule has 16 heteroatoms. The van der Waals surface area contributed by atoms with E-state index in [0.717, 1.165) is 45.4 Å². The van der Waals surface area contributed by atoms with Gasteiger partial charge in [0.25, 0.3) is 0 Å². The number of thiazole rings is 1. The van der Waals surface area contributed by atoms with E-state index in [1.807, 2.05) is 6.20 Å². The number of morpholine rings is 1. The van der Waals surface area contributed by atoms with Crippen LogP contribution in [0.2, 0.25) is 0 Å². The van der Waals surface area contributed by atoms with Gasteiger partial charge in [-0.2, -0.15) is 26.3 Å². The Bertz CT molecular complexity index is 833. The Kier molecular flexibility index (Phi) is 12.2. The highest BCUT2D eigenvalue weighted by Crippen LogP contribution is 2.31. The minimum atomic E-state index is -5.08. The average molecular weight is 580 g/mol. The van der Waals surface area contributed by atoms with Crippen LogP contribution in [-0.2, 0) is 25.6 Å². The van der Waals surface area contributed by atoms with Gasteiger partial charge in [-0.3, -0.25) is 4.90 Å². The summed E-state index contributed by atoms with van der Waals surface area (Å²) >= 11 is 1.76. The third-order valence-electron chi connectivity index (χ3n) is 6.28. The van der Waals surface area contributed by atoms with Crippen molar-refractivity contribution in [3.8, 4) is 0 Å². The molecule has 38 heavy (non-hydrogen) atoms. The number of halogens is 6. The lowest BCUT2D eigenvalue weighted by molar-refractivity contribution is -0.193. The standard InChI is InChI=1S/C18H29N3O2S.2C2HF3O2/c1-9-22-10-2-16(1)13-20-6-3-18(4-7-20)15-21(8-11-23-18)14-17-19-5-12-24-17;2*3-2(4,5)1(6)7/h5,12,16H,1-4,6-11,13-15H2;2*(H,6,7). The number of aromatic nitrogens is 1. The highest BCUT2D eigenvalue weighted by atomic mass is 32.1. The molecule has 0 unspecified atom stereocenters. The van der Waals surface area contributed by atoms with Crippen molar-refractivity contribution in [1.82, 2.24) is 14.8 Å². The molecule has 1 spiro atoms. The van der Waals surface area contributed by atoms with Gasteiger partial charge in [0.1, 0.15) is 5.01 Å². The van der Waals surface area contributed by atoms with Crippen molar-refractivity contribution in [3.63, 3.8) is 0 Å². The lowest BCUT2D eigenvalue weighted by atomic mass is 9.88. The summed E-state index contributed by atoms with van der Waals surface area (Å²) in [4.78, 5) is 27.4. The number of alkyl halides is 6. The van der Waals surface area contributed by atoms with Gasteiger partial charge in [0.05, 0.1) is 18.8 Å². The Morgan fingerprint density at radius 1 is 0.974 bits per heavy atom. The predicted molar refractivity (Wildman–Crippen MR) is 123 cm³/mol. The van der Waals surface area contributed by atoms with Crippen LogP contribution in [0.3, 0.4) is 0 Å². The Morgan fingerprint density at radius 3 is 2.00 bits per heavy atom. The summed E-state index contributed by atoms with van der Waals surface area (Å²) in [5, 5.41) is 17.5. The van der Waals surface area contributed by atoms with Gasteiger partial charge < -0.3 is 24.6 Å². The maximum absolute atomic E-state index is 10.6. The van der Waals surface area contributed by atoms with Crippen molar-refractivity contribution in [1.29, 1.82) is 0 Å². The van der Waals surface area contributed by atoms with Crippen LogP contribution in [0.15, 0.2) is 11.6 Å². The SMILES string of the molecule is O=C(O)C(F)(F)F.O=C(O)C(F)(F)F.c1csc(CN2CCOC3(CCN(CC4CCOCC4)CC3)C2)n1. The molecule has 0 aliphatic carbocycles. The largest absolute Gasteiger partial charge is 0.490 e. The molecule has 2 N–H and O–H groups in total. The smallest absolute Gasteiger partial charge is 0.475 e. The first-order valence-corrected chi connectivity index (χ1v) is 12.7. The zero-order valence-corrected chi connectivity index (χ0v) is 21.3. The number of carboxylic acid groups (broad SMARTS) is 2. The van der Waals surface area contributed by atoms with Crippen LogP contribution in [0.25, 0.3) is 0 Å². The van der Waals surface area contributed by atoms with Gasteiger partial charge in [-0.15, -0.1) is 11.3 Å². The van der Waals surface area contributed by atoms with Crippen molar-refractivity contribution >= 4 is 23.3 Å². The predicted octanol–water partition coefficient (Wildman–Crippen LogP) is 3.50. The molecule has 3 aliphatic rings. The number of likely N-dealkylation sites (tertiary alicyclic amines) is 1. The number of ether oxygens (including phenoxy) is 2. The average Bonchev–Trinajstić information content (AvgIpc) is 3.34.